The van der Waals surface area contributed by atoms with Crippen molar-refractivity contribution in [2.75, 3.05) is 13.7 Å². The van der Waals surface area contributed by atoms with Gasteiger partial charge in [-0.25, -0.2) is 4.79 Å². The molecule has 3 nitrogen and oxygen atoms in total. The van der Waals surface area contributed by atoms with Gasteiger partial charge in [0.2, 0.25) is 0 Å². The lowest BCUT2D eigenvalue weighted by molar-refractivity contribution is 0.0600. The van der Waals surface area contributed by atoms with E-state index in [9.17, 15) is 4.79 Å². The summed E-state index contributed by atoms with van der Waals surface area (Å²) in [5, 5.41) is 0.259. The Kier molecular flexibility index (Phi) is 5.36. The monoisotopic (exact) mass is 334 g/mol. The third-order valence-electron chi connectivity index (χ3n) is 5.44. The van der Waals surface area contributed by atoms with Crippen molar-refractivity contribution in [1.29, 1.82) is 0 Å². The number of hydrogen-bond acceptors (Lipinski definition) is 3. The molecule has 1 aliphatic rings. The van der Waals surface area contributed by atoms with Crippen LogP contribution in [0.1, 0.15) is 48.7 Å². The summed E-state index contributed by atoms with van der Waals surface area (Å²) in [4.78, 5) is 11.6. The average Bonchev–Trinajstić information content (AvgIpc) is 2.50. The molecule has 1 aromatic rings. The summed E-state index contributed by atoms with van der Waals surface area (Å²) in [7, 11) is -0.244. The number of methoxy groups -OCH3 is 1. The highest BCUT2D eigenvalue weighted by Gasteiger charge is 2.37. The standard InChI is InChI=1S/C19H30O3Si/c1-19(2,3)23(5,6)22-13-14-7-8-16-12-17(18(20)21-4)10-9-15(16)11-14/h9-10,12,14H,7-8,11,13H2,1-6H3/t14-/m0/s1. The maximum absolute atomic E-state index is 11.6. The average molecular weight is 335 g/mol. The van der Waals surface area contributed by atoms with Gasteiger partial charge in [0, 0.05) is 6.61 Å². The number of rotatable bonds is 4. The summed E-state index contributed by atoms with van der Waals surface area (Å²) in [5.41, 5.74) is 3.30. The molecule has 0 radical (unpaired) electrons. The van der Waals surface area contributed by atoms with Gasteiger partial charge in [0.05, 0.1) is 12.7 Å². The molecule has 0 heterocycles. The molecule has 128 valence electrons. The van der Waals surface area contributed by atoms with Crippen LogP contribution >= 0.6 is 0 Å². The number of carbonyl (C=O) groups is 1. The number of ether oxygens (including phenoxy) is 1. The van der Waals surface area contributed by atoms with E-state index in [2.05, 4.69) is 39.9 Å². The minimum Gasteiger partial charge on any atom is -0.465 e. The molecular weight excluding hydrogens is 304 g/mol. The Hall–Kier alpha value is -1.13. The van der Waals surface area contributed by atoms with E-state index in [4.69, 9.17) is 9.16 Å². The van der Waals surface area contributed by atoms with Crippen LogP contribution in [0.3, 0.4) is 0 Å². The Morgan fingerprint density at radius 2 is 1.96 bits per heavy atom. The zero-order valence-electron chi connectivity index (χ0n) is 15.4. The first-order valence-corrected chi connectivity index (χ1v) is 11.4. The molecule has 0 spiro atoms. The van der Waals surface area contributed by atoms with Crippen LogP contribution in [0.4, 0.5) is 0 Å². The van der Waals surface area contributed by atoms with Crippen LogP contribution in [0.25, 0.3) is 0 Å². The Labute approximate surface area is 141 Å². The summed E-state index contributed by atoms with van der Waals surface area (Å²) in [6, 6.07) is 5.95. The summed E-state index contributed by atoms with van der Waals surface area (Å²) in [6.07, 6.45) is 3.20. The molecule has 0 saturated carbocycles. The number of carbonyl (C=O) groups excluding carboxylic acids is 1. The van der Waals surface area contributed by atoms with Crippen LogP contribution in [0.2, 0.25) is 18.1 Å². The summed E-state index contributed by atoms with van der Waals surface area (Å²) >= 11 is 0. The minimum absolute atomic E-state index is 0.254. The first-order chi connectivity index (χ1) is 10.6. The van der Waals surface area contributed by atoms with Crippen LogP contribution in [0, 0.1) is 5.92 Å². The quantitative estimate of drug-likeness (QED) is 0.596. The fourth-order valence-electron chi connectivity index (χ4n) is 2.76. The number of esters is 1. The topological polar surface area (TPSA) is 35.5 Å². The SMILES string of the molecule is COC(=O)c1ccc2c(c1)CC[C@H](CO[Si](C)(C)C(C)(C)C)C2. The van der Waals surface area contributed by atoms with Crippen LogP contribution in [-0.4, -0.2) is 28.0 Å². The first kappa shape index (κ1) is 18.2. The van der Waals surface area contributed by atoms with E-state index in [1.807, 2.05) is 12.1 Å². The molecule has 1 atom stereocenters. The Balaban J connectivity index is 2.00. The Morgan fingerprint density at radius 3 is 2.57 bits per heavy atom. The van der Waals surface area contributed by atoms with Crippen LogP contribution in [-0.2, 0) is 22.0 Å². The van der Waals surface area contributed by atoms with E-state index in [1.165, 1.54) is 18.2 Å². The third-order valence-corrected chi connectivity index (χ3v) is 9.94. The van der Waals surface area contributed by atoms with Crippen LogP contribution in [0.5, 0.6) is 0 Å². The molecule has 1 aromatic carbocycles. The van der Waals surface area contributed by atoms with Gasteiger partial charge in [0.1, 0.15) is 0 Å². The van der Waals surface area contributed by atoms with E-state index in [0.717, 1.165) is 25.9 Å². The lowest BCUT2D eigenvalue weighted by atomic mass is 9.83. The number of hydrogen-bond donors (Lipinski definition) is 0. The first-order valence-electron chi connectivity index (χ1n) is 8.48. The van der Waals surface area contributed by atoms with Crippen molar-refractivity contribution < 1.29 is 14.0 Å². The number of fused-ring (bicyclic) bond motifs is 1. The zero-order valence-corrected chi connectivity index (χ0v) is 16.4. The molecule has 2 rings (SSSR count). The van der Waals surface area contributed by atoms with Gasteiger partial charge in [-0.3, -0.25) is 0 Å². The van der Waals surface area contributed by atoms with Crippen molar-refractivity contribution in [1.82, 2.24) is 0 Å². The van der Waals surface area contributed by atoms with E-state index in [-0.39, 0.29) is 11.0 Å². The van der Waals surface area contributed by atoms with E-state index < -0.39 is 8.32 Å². The summed E-state index contributed by atoms with van der Waals surface area (Å²) in [5.74, 6) is 0.330. The van der Waals surface area contributed by atoms with Gasteiger partial charge in [-0.05, 0) is 66.6 Å². The second-order valence-electron chi connectivity index (χ2n) is 8.16. The Bertz CT molecular complexity index is 572. The molecule has 0 unspecified atom stereocenters. The molecule has 0 fully saturated rings. The van der Waals surface area contributed by atoms with Gasteiger partial charge in [-0.2, -0.15) is 0 Å². The van der Waals surface area contributed by atoms with Crippen molar-refractivity contribution in [2.24, 2.45) is 5.92 Å². The maximum Gasteiger partial charge on any atom is 0.337 e. The van der Waals surface area contributed by atoms with Gasteiger partial charge in [-0.15, -0.1) is 0 Å². The van der Waals surface area contributed by atoms with Gasteiger partial charge in [0.15, 0.2) is 8.32 Å². The highest BCUT2D eigenvalue weighted by Crippen LogP contribution is 2.37. The van der Waals surface area contributed by atoms with Gasteiger partial charge in [0.25, 0.3) is 0 Å². The summed E-state index contributed by atoms with van der Waals surface area (Å²) in [6.45, 7) is 12.3. The molecule has 1 aliphatic carbocycles. The smallest absolute Gasteiger partial charge is 0.337 e. The largest absolute Gasteiger partial charge is 0.465 e. The lowest BCUT2D eigenvalue weighted by Gasteiger charge is -2.38. The Morgan fingerprint density at radius 1 is 1.26 bits per heavy atom. The molecule has 0 aliphatic heterocycles. The maximum atomic E-state index is 11.6. The van der Waals surface area contributed by atoms with Crippen LogP contribution < -0.4 is 0 Å². The number of aryl methyl sites for hydroxylation is 1. The highest BCUT2D eigenvalue weighted by atomic mass is 28.4. The normalized spacial score (nSPS) is 18.4. The fourth-order valence-corrected chi connectivity index (χ4v) is 3.85. The van der Waals surface area contributed by atoms with Crippen molar-refractivity contribution in [3.63, 3.8) is 0 Å². The predicted octanol–water partition coefficient (Wildman–Crippen LogP) is 4.60. The summed E-state index contributed by atoms with van der Waals surface area (Å²) < 4.78 is 11.2. The molecule has 0 saturated heterocycles. The van der Waals surface area contributed by atoms with Crippen molar-refractivity contribution >= 4 is 14.3 Å². The third kappa shape index (κ3) is 4.24. The van der Waals surface area contributed by atoms with E-state index >= 15 is 0 Å². The zero-order chi connectivity index (χ0) is 17.3. The number of benzene rings is 1. The van der Waals surface area contributed by atoms with Crippen LogP contribution in [0.15, 0.2) is 18.2 Å². The predicted molar refractivity (Wildman–Crippen MR) is 96.4 cm³/mol. The molecular formula is C19H30O3Si. The van der Waals surface area contributed by atoms with Crippen molar-refractivity contribution in [2.45, 2.75) is 58.2 Å². The molecule has 0 aromatic heterocycles. The van der Waals surface area contributed by atoms with Crippen molar-refractivity contribution in [3.8, 4) is 0 Å². The lowest BCUT2D eigenvalue weighted by Crippen LogP contribution is -2.42. The molecule has 4 heteroatoms. The minimum atomic E-state index is -1.67. The van der Waals surface area contributed by atoms with E-state index in [1.54, 1.807) is 0 Å². The molecule has 0 bridgehead atoms. The second kappa shape index (κ2) is 6.77. The van der Waals surface area contributed by atoms with Crippen molar-refractivity contribution in [3.05, 3.63) is 34.9 Å². The van der Waals surface area contributed by atoms with Gasteiger partial charge in [-0.1, -0.05) is 26.8 Å². The molecule has 0 amide bonds. The van der Waals surface area contributed by atoms with Gasteiger partial charge >= 0.3 is 5.97 Å². The second-order valence-corrected chi connectivity index (χ2v) is 13.0. The highest BCUT2D eigenvalue weighted by molar-refractivity contribution is 6.74. The van der Waals surface area contributed by atoms with Gasteiger partial charge < -0.3 is 9.16 Å². The molecule has 0 N–H and O–H groups in total. The fraction of sp³-hybridized carbons (Fsp3) is 0.632. The molecule has 23 heavy (non-hydrogen) atoms. The van der Waals surface area contributed by atoms with E-state index in [0.29, 0.717) is 11.5 Å².